The van der Waals surface area contributed by atoms with E-state index in [9.17, 15) is 9.59 Å². The number of halogens is 2. The van der Waals surface area contributed by atoms with Gasteiger partial charge in [-0.3, -0.25) is 9.59 Å². The van der Waals surface area contributed by atoms with Gasteiger partial charge in [0.25, 0.3) is 5.91 Å². The molecular formula is C11H13Cl2N3O2. The first-order valence-electron chi connectivity index (χ1n) is 5.24. The van der Waals surface area contributed by atoms with E-state index in [0.717, 1.165) is 0 Å². The zero-order chi connectivity index (χ0) is 13.9. The molecule has 0 aliphatic rings. The Hall–Kier alpha value is -1.33. The second-order valence-corrected chi connectivity index (χ2v) is 4.75. The van der Waals surface area contributed by atoms with Crippen LogP contribution >= 0.6 is 23.2 Å². The maximum atomic E-state index is 12.2. The number of nitrogens with zero attached hydrogens (tertiary/aromatic N) is 2. The number of nitrogens with two attached hydrogens (primary N) is 1. The smallest absolute Gasteiger partial charge is 0.274 e. The summed E-state index contributed by atoms with van der Waals surface area (Å²) in [5, 5.41) is 0.338. The van der Waals surface area contributed by atoms with Gasteiger partial charge in [0.15, 0.2) is 0 Å². The molecule has 1 aromatic rings. The fourth-order valence-electron chi connectivity index (χ4n) is 1.36. The normalized spacial score (nSPS) is 10.5. The molecule has 0 aromatic carbocycles. The lowest BCUT2D eigenvalue weighted by Gasteiger charge is -2.25. The number of amides is 2. The van der Waals surface area contributed by atoms with Crippen LogP contribution in [0.1, 0.15) is 24.3 Å². The number of hydrogen-bond acceptors (Lipinski definition) is 3. The minimum atomic E-state index is -0.602. The monoisotopic (exact) mass is 289 g/mol. The average molecular weight is 290 g/mol. The first-order chi connectivity index (χ1) is 8.32. The fourth-order valence-corrected chi connectivity index (χ4v) is 1.69. The average Bonchev–Trinajstić information content (AvgIpc) is 2.27. The minimum absolute atomic E-state index is 0.0131. The molecule has 0 saturated heterocycles. The molecular weight excluding hydrogens is 277 g/mol. The summed E-state index contributed by atoms with van der Waals surface area (Å²) in [5.74, 6) is -1.08. The number of pyridine rings is 1. The third-order valence-electron chi connectivity index (χ3n) is 2.22. The molecule has 1 aromatic heterocycles. The van der Waals surface area contributed by atoms with Crippen molar-refractivity contribution in [3.8, 4) is 0 Å². The Kier molecular flexibility index (Phi) is 4.93. The number of primary amides is 1. The molecule has 0 aliphatic heterocycles. The molecule has 0 radical (unpaired) electrons. The highest BCUT2D eigenvalue weighted by molar-refractivity contribution is 6.34. The summed E-state index contributed by atoms with van der Waals surface area (Å²) >= 11 is 11.6. The number of rotatable bonds is 4. The van der Waals surface area contributed by atoms with E-state index in [1.54, 1.807) is 13.8 Å². The highest BCUT2D eigenvalue weighted by Crippen LogP contribution is 2.19. The summed E-state index contributed by atoms with van der Waals surface area (Å²) in [6.07, 6.45) is 0. The standard InChI is InChI=1S/C11H13Cl2N3O2/c1-6(2)16(5-9(14)17)11(18)10-7(12)3-4-8(13)15-10/h3-4,6H,5H2,1-2H3,(H2,14,17). The second-order valence-electron chi connectivity index (χ2n) is 3.96. The molecule has 1 heterocycles. The summed E-state index contributed by atoms with van der Waals surface area (Å²) < 4.78 is 0. The van der Waals surface area contributed by atoms with Gasteiger partial charge in [0.05, 0.1) is 11.6 Å². The van der Waals surface area contributed by atoms with Crippen molar-refractivity contribution in [2.45, 2.75) is 19.9 Å². The molecule has 18 heavy (non-hydrogen) atoms. The van der Waals surface area contributed by atoms with Gasteiger partial charge in [-0.15, -0.1) is 0 Å². The molecule has 0 aliphatic carbocycles. The van der Waals surface area contributed by atoms with Gasteiger partial charge in [-0.05, 0) is 26.0 Å². The largest absolute Gasteiger partial charge is 0.368 e. The van der Waals surface area contributed by atoms with Crippen LogP contribution in [-0.4, -0.2) is 34.3 Å². The van der Waals surface area contributed by atoms with Crippen LogP contribution in [0.5, 0.6) is 0 Å². The zero-order valence-corrected chi connectivity index (χ0v) is 11.5. The second kappa shape index (κ2) is 6.02. The molecule has 7 heteroatoms. The lowest BCUT2D eigenvalue weighted by molar-refractivity contribution is -0.119. The molecule has 1 rings (SSSR count). The molecule has 0 spiro atoms. The van der Waals surface area contributed by atoms with Crippen LogP contribution in [0.25, 0.3) is 0 Å². The van der Waals surface area contributed by atoms with E-state index in [4.69, 9.17) is 28.9 Å². The van der Waals surface area contributed by atoms with Crippen LogP contribution < -0.4 is 5.73 Å². The fraction of sp³-hybridized carbons (Fsp3) is 0.364. The van der Waals surface area contributed by atoms with Gasteiger partial charge in [0.2, 0.25) is 5.91 Å². The predicted molar refractivity (Wildman–Crippen MR) is 69.6 cm³/mol. The highest BCUT2D eigenvalue weighted by atomic mass is 35.5. The van der Waals surface area contributed by atoms with Gasteiger partial charge in [-0.2, -0.15) is 0 Å². The van der Waals surface area contributed by atoms with Crippen LogP contribution in [0.3, 0.4) is 0 Å². The number of carbonyl (C=O) groups excluding carboxylic acids is 2. The Morgan fingerprint density at radius 3 is 2.50 bits per heavy atom. The van der Waals surface area contributed by atoms with Crippen molar-refractivity contribution >= 4 is 35.0 Å². The molecule has 5 nitrogen and oxygen atoms in total. The minimum Gasteiger partial charge on any atom is -0.368 e. The first-order valence-corrected chi connectivity index (χ1v) is 6.00. The summed E-state index contributed by atoms with van der Waals surface area (Å²) in [6.45, 7) is 3.33. The quantitative estimate of drug-likeness (QED) is 0.858. The van der Waals surface area contributed by atoms with E-state index in [0.29, 0.717) is 0 Å². The summed E-state index contributed by atoms with van der Waals surface area (Å²) in [7, 11) is 0. The van der Waals surface area contributed by atoms with E-state index in [1.165, 1.54) is 17.0 Å². The van der Waals surface area contributed by atoms with Crippen molar-refractivity contribution in [3.05, 3.63) is 28.0 Å². The van der Waals surface area contributed by atoms with Crippen molar-refractivity contribution < 1.29 is 9.59 Å². The lowest BCUT2D eigenvalue weighted by atomic mass is 10.2. The molecule has 0 fully saturated rings. The molecule has 0 saturated carbocycles. The Morgan fingerprint density at radius 2 is 2.00 bits per heavy atom. The molecule has 0 unspecified atom stereocenters. The van der Waals surface area contributed by atoms with Gasteiger partial charge in [-0.25, -0.2) is 4.98 Å². The van der Waals surface area contributed by atoms with E-state index < -0.39 is 11.8 Å². The third kappa shape index (κ3) is 3.58. The Labute approximate surface area is 115 Å². The van der Waals surface area contributed by atoms with E-state index in [-0.39, 0.29) is 28.5 Å². The third-order valence-corrected chi connectivity index (χ3v) is 2.74. The van der Waals surface area contributed by atoms with E-state index in [1.807, 2.05) is 0 Å². The summed E-state index contributed by atoms with van der Waals surface area (Å²) in [5.41, 5.74) is 5.12. The van der Waals surface area contributed by atoms with Gasteiger partial charge < -0.3 is 10.6 Å². The zero-order valence-electron chi connectivity index (χ0n) is 9.98. The molecule has 98 valence electrons. The Morgan fingerprint density at radius 1 is 1.39 bits per heavy atom. The topological polar surface area (TPSA) is 76.3 Å². The van der Waals surface area contributed by atoms with Crippen LogP contribution in [0.2, 0.25) is 10.2 Å². The predicted octanol–water partition coefficient (Wildman–Crippen LogP) is 1.72. The van der Waals surface area contributed by atoms with Gasteiger partial charge in [0, 0.05) is 6.04 Å². The van der Waals surface area contributed by atoms with Crippen LogP contribution in [0.15, 0.2) is 12.1 Å². The number of hydrogen-bond donors (Lipinski definition) is 1. The molecule has 2 N–H and O–H groups in total. The maximum Gasteiger partial charge on any atom is 0.274 e. The first kappa shape index (κ1) is 14.7. The number of aromatic nitrogens is 1. The molecule has 2 amide bonds. The summed E-state index contributed by atoms with van der Waals surface area (Å²) in [6, 6.07) is 2.75. The molecule has 0 atom stereocenters. The van der Waals surface area contributed by atoms with Crippen LogP contribution in [0, 0.1) is 0 Å². The maximum absolute atomic E-state index is 12.2. The van der Waals surface area contributed by atoms with Crippen molar-refractivity contribution in [2.75, 3.05) is 6.54 Å². The van der Waals surface area contributed by atoms with Crippen molar-refractivity contribution in [2.24, 2.45) is 5.73 Å². The molecule has 0 bridgehead atoms. The van der Waals surface area contributed by atoms with Crippen molar-refractivity contribution in [3.63, 3.8) is 0 Å². The Balaban J connectivity index is 3.09. The van der Waals surface area contributed by atoms with Gasteiger partial charge in [-0.1, -0.05) is 23.2 Å². The lowest BCUT2D eigenvalue weighted by Crippen LogP contribution is -2.43. The van der Waals surface area contributed by atoms with Crippen molar-refractivity contribution in [1.82, 2.24) is 9.88 Å². The van der Waals surface area contributed by atoms with Crippen LogP contribution in [-0.2, 0) is 4.79 Å². The van der Waals surface area contributed by atoms with Gasteiger partial charge >= 0.3 is 0 Å². The SMILES string of the molecule is CC(C)N(CC(N)=O)C(=O)c1nc(Cl)ccc1Cl. The number of carbonyl (C=O) groups is 2. The highest BCUT2D eigenvalue weighted by Gasteiger charge is 2.23. The summed E-state index contributed by atoms with van der Waals surface area (Å²) in [4.78, 5) is 28.3. The van der Waals surface area contributed by atoms with Crippen LogP contribution in [0.4, 0.5) is 0 Å². The van der Waals surface area contributed by atoms with E-state index in [2.05, 4.69) is 4.98 Å². The van der Waals surface area contributed by atoms with Crippen molar-refractivity contribution in [1.29, 1.82) is 0 Å². The Bertz CT molecular complexity index is 477. The van der Waals surface area contributed by atoms with Gasteiger partial charge in [0.1, 0.15) is 10.8 Å². The van der Waals surface area contributed by atoms with E-state index >= 15 is 0 Å².